The number of amides is 1. The van der Waals surface area contributed by atoms with Gasteiger partial charge in [0.2, 0.25) is 5.91 Å². The van der Waals surface area contributed by atoms with Crippen molar-refractivity contribution in [2.75, 3.05) is 0 Å². The third kappa shape index (κ3) is 4.51. The maximum absolute atomic E-state index is 11.2. The fraction of sp³-hybridized carbons (Fsp3) is 0.600. The zero-order valence-corrected chi connectivity index (χ0v) is 8.41. The summed E-state index contributed by atoms with van der Waals surface area (Å²) in [7, 11) is 0. The maximum Gasteiger partial charge on any atom is 0.326 e. The lowest BCUT2D eigenvalue weighted by atomic mass is 10.0. The third-order valence-electron chi connectivity index (χ3n) is 1.75. The van der Waals surface area contributed by atoms with Crippen molar-refractivity contribution in [2.24, 2.45) is 5.92 Å². The van der Waals surface area contributed by atoms with Crippen LogP contribution >= 0.6 is 0 Å². The van der Waals surface area contributed by atoms with E-state index in [2.05, 4.69) is 11.2 Å². The van der Waals surface area contributed by atoms with E-state index in [4.69, 9.17) is 11.5 Å². The van der Waals surface area contributed by atoms with Crippen LogP contribution in [0.25, 0.3) is 0 Å². The van der Waals surface area contributed by atoms with E-state index in [1.165, 1.54) is 0 Å². The van der Waals surface area contributed by atoms with Gasteiger partial charge in [-0.05, 0) is 5.92 Å². The highest BCUT2D eigenvalue weighted by Crippen LogP contribution is 2.02. The normalized spacial score (nSPS) is 11.9. The van der Waals surface area contributed by atoms with E-state index in [1.807, 2.05) is 0 Å². The molecule has 4 heteroatoms. The number of aliphatic carboxylic acids is 1. The van der Waals surface area contributed by atoms with Gasteiger partial charge < -0.3 is 10.4 Å². The van der Waals surface area contributed by atoms with E-state index in [-0.39, 0.29) is 18.2 Å². The Hall–Kier alpha value is -1.50. The molecule has 0 fully saturated rings. The first-order valence-electron chi connectivity index (χ1n) is 4.44. The van der Waals surface area contributed by atoms with Gasteiger partial charge in [-0.2, -0.15) is 0 Å². The van der Waals surface area contributed by atoms with E-state index >= 15 is 0 Å². The van der Waals surface area contributed by atoms with Gasteiger partial charge in [0, 0.05) is 12.8 Å². The van der Waals surface area contributed by atoms with Crippen molar-refractivity contribution in [3.05, 3.63) is 0 Å². The Bertz CT molecular complexity index is 253. The number of terminal acetylenes is 1. The Morgan fingerprint density at radius 3 is 2.43 bits per heavy atom. The molecule has 4 nitrogen and oxygen atoms in total. The molecule has 0 aliphatic rings. The molecule has 1 atom stereocenters. The molecular formula is C10H15NO3. The summed E-state index contributed by atoms with van der Waals surface area (Å²) in [4.78, 5) is 21.8. The summed E-state index contributed by atoms with van der Waals surface area (Å²) in [5.74, 6) is 0.850. The van der Waals surface area contributed by atoms with Crippen molar-refractivity contribution in [3.8, 4) is 12.3 Å². The summed E-state index contributed by atoms with van der Waals surface area (Å²) < 4.78 is 0. The van der Waals surface area contributed by atoms with E-state index in [0.717, 1.165) is 0 Å². The van der Waals surface area contributed by atoms with Crippen LogP contribution in [0.1, 0.15) is 26.7 Å². The van der Waals surface area contributed by atoms with Crippen molar-refractivity contribution < 1.29 is 14.7 Å². The van der Waals surface area contributed by atoms with Crippen molar-refractivity contribution in [3.63, 3.8) is 0 Å². The molecule has 14 heavy (non-hydrogen) atoms. The van der Waals surface area contributed by atoms with E-state index in [1.54, 1.807) is 13.8 Å². The van der Waals surface area contributed by atoms with Gasteiger partial charge in [0.15, 0.2) is 0 Å². The Balaban J connectivity index is 4.12. The zero-order valence-electron chi connectivity index (χ0n) is 8.41. The van der Waals surface area contributed by atoms with Gasteiger partial charge in [-0.15, -0.1) is 12.3 Å². The van der Waals surface area contributed by atoms with Crippen molar-refractivity contribution in [2.45, 2.75) is 32.7 Å². The molecule has 78 valence electrons. The van der Waals surface area contributed by atoms with Crippen LogP contribution in [-0.2, 0) is 9.59 Å². The van der Waals surface area contributed by atoms with E-state index < -0.39 is 12.0 Å². The number of hydrogen-bond acceptors (Lipinski definition) is 2. The van der Waals surface area contributed by atoms with E-state index in [0.29, 0.717) is 6.42 Å². The molecule has 0 spiro atoms. The lowest BCUT2D eigenvalue weighted by Crippen LogP contribution is -2.44. The Morgan fingerprint density at radius 2 is 2.07 bits per heavy atom. The first kappa shape index (κ1) is 12.5. The van der Waals surface area contributed by atoms with Crippen LogP contribution in [-0.4, -0.2) is 23.0 Å². The average Bonchev–Trinajstić information content (AvgIpc) is 2.09. The highest BCUT2D eigenvalue weighted by atomic mass is 16.4. The van der Waals surface area contributed by atoms with Gasteiger partial charge in [-0.3, -0.25) is 4.79 Å². The smallest absolute Gasteiger partial charge is 0.326 e. The molecule has 0 saturated heterocycles. The molecule has 1 amide bonds. The predicted molar refractivity (Wildman–Crippen MR) is 52.5 cm³/mol. The second kappa shape index (κ2) is 6.03. The van der Waals surface area contributed by atoms with Gasteiger partial charge in [0.25, 0.3) is 0 Å². The number of carbonyl (C=O) groups is 2. The summed E-state index contributed by atoms with van der Waals surface area (Å²) in [6.45, 7) is 3.47. The number of carboxylic acids is 1. The largest absolute Gasteiger partial charge is 0.480 e. The molecule has 0 aliphatic carbocycles. The summed E-state index contributed by atoms with van der Waals surface area (Å²) in [5.41, 5.74) is 0. The first-order valence-corrected chi connectivity index (χ1v) is 4.44. The topological polar surface area (TPSA) is 66.4 Å². The van der Waals surface area contributed by atoms with Crippen molar-refractivity contribution in [1.29, 1.82) is 0 Å². The molecule has 0 heterocycles. The SMILES string of the molecule is C#CCCC(=O)N[C@H](C(=O)O)C(C)C. The van der Waals surface area contributed by atoms with Gasteiger partial charge in [0.05, 0.1) is 0 Å². The van der Waals surface area contributed by atoms with Crippen LogP contribution < -0.4 is 5.32 Å². The minimum absolute atomic E-state index is 0.137. The molecule has 2 N–H and O–H groups in total. The first-order chi connectivity index (χ1) is 6.49. The monoisotopic (exact) mass is 197 g/mol. The number of carbonyl (C=O) groups excluding carboxylic acids is 1. The molecule has 0 rings (SSSR count). The quantitative estimate of drug-likeness (QED) is 0.635. The van der Waals surface area contributed by atoms with E-state index in [9.17, 15) is 9.59 Å². The predicted octanol–water partition coefficient (Wildman–Crippen LogP) is 0.625. The molecule has 0 aromatic heterocycles. The second-order valence-corrected chi connectivity index (χ2v) is 3.33. The summed E-state index contributed by atoms with van der Waals surface area (Å²) in [6, 6.07) is -0.833. The summed E-state index contributed by atoms with van der Waals surface area (Å²) in [6.07, 6.45) is 5.48. The second-order valence-electron chi connectivity index (χ2n) is 3.33. The summed E-state index contributed by atoms with van der Waals surface area (Å²) >= 11 is 0. The average molecular weight is 197 g/mol. The fourth-order valence-electron chi connectivity index (χ4n) is 0.945. The van der Waals surface area contributed by atoms with Crippen molar-refractivity contribution >= 4 is 11.9 Å². The van der Waals surface area contributed by atoms with Gasteiger partial charge in [-0.1, -0.05) is 13.8 Å². The molecule has 0 bridgehead atoms. The molecule has 0 aliphatic heterocycles. The molecule has 0 aromatic carbocycles. The zero-order chi connectivity index (χ0) is 11.1. The number of carboxylic acid groups (broad SMARTS) is 1. The number of rotatable bonds is 5. The molecule has 0 unspecified atom stereocenters. The minimum atomic E-state index is -1.02. The maximum atomic E-state index is 11.2. The molecular weight excluding hydrogens is 182 g/mol. The van der Waals surface area contributed by atoms with Crippen LogP contribution in [0.4, 0.5) is 0 Å². The van der Waals surface area contributed by atoms with Crippen LogP contribution in [0.2, 0.25) is 0 Å². The van der Waals surface area contributed by atoms with Crippen LogP contribution in [0.3, 0.4) is 0 Å². The molecule has 0 aromatic rings. The number of nitrogens with one attached hydrogen (secondary N) is 1. The van der Waals surface area contributed by atoms with Crippen LogP contribution in [0.5, 0.6) is 0 Å². The summed E-state index contributed by atoms with van der Waals surface area (Å²) in [5, 5.41) is 11.2. The third-order valence-corrected chi connectivity index (χ3v) is 1.75. The Labute approximate surface area is 83.7 Å². The minimum Gasteiger partial charge on any atom is -0.480 e. The Kier molecular flexibility index (Phi) is 5.38. The molecule has 0 radical (unpaired) electrons. The van der Waals surface area contributed by atoms with Gasteiger partial charge >= 0.3 is 5.97 Å². The molecule has 0 saturated carbocycles. The number of hydrogen-bond donors (Lipinski definition) is 2. The highest BCUT2D eigenvalue weighted by Gasteiger charge is 2.22. The fourth-order valence-corrected chi connectivity index (χ4v) is 0.945. The van der Waals surface area contributed by atoms with Crippen molar-refractivity contribution in [1.82, 2.24) is 5.32 Å². The highest BCUT2D eigenvalue weighted by molar-refractivity contribution is 5.83. The van der Waals surface area contributed by atoms with Crippen LogP contribution in [0, 0.1) is 18.3 Å². The Morgan fingerprint density at radius 1 is 1.50 bits per heavy atom. The lowest BCUT2D eigenvalue weighted by Gasteiger charge is -2.17. The van der Waals surface area contributed by atoms with Gasteiger partial charge in [-0.25, -0.2) is 4.79 Å². The van der Waals surface area contributed by atoms with Crippen LogP contribution in [0.15, 0.2) is 0 Å². The lowest BCUT2D eigenvalue weighted by molar-refractivity contribution is -0.143. The standard InChI is InChI=1S/C10H15NO3/c1-4-5-6-8(12)11-9(7(2)3)10(13)14/h1,7,9H,5-6H2,2-3H3,(H,11,12)(H,13,14)/t9-/m0/s1. The van der Waals surface area contributed by atoms with Gasteiger partial charge in [0.1, 0.15) is 6.04 Å².